The first-order valence-corrected chi connectivity index (χ1v) is 10.1. The summed E-state index contributed by atoms with van der Waals surface area (Å²) in [5.74, 6) is 0. The van der Waals surface area contributed by atoms with E-state index in [9.17, 15) is 13.2 Å². The van der Waals surface area contributed by atoms with E-state index in [4.69, 9.17) is 4.74 Å². The summed E-state index contributed by atoms with van der Waals surface area (Å²) < 4.78 is 30.9. The number of hydrogen-bond donors (Lipinski definition) is 2. The summed E-state index contributed by atoms with van der Waals surface area (Å²) >= 11 is 0. The van der Waals surface area contributed by atoms with Gasteiger partial charge < -0.3 is 14.5 Å². The Labute approximate surface area is 141 Å². The van der Waals surface area contributed by atoms with Crippen LogP contribution in [-0.4, -0.2) is 70.1 Å². The van der Waals surface area contributed by atoms with Crippen LogP contribution in [0.3, 0.4) is 0 Å². The second kappa shape index (κ2) is 9.44. The van der Waals surface area contributed by atoms with E-state index in [1.807, 2.05) is 20.8 Å². The normalized spacial score (nSPS) is 13.0. The Hall–Kier alpha value is -0.860. The van der Waals surface area contributed by atoms with Crippen LogP contribution in [-0.2, 0) is 14.8 Å². The molecule has 0 aliphatic heterocycles. The monoisotopic (exact) mass is 352 g/mol. The number of quaternary nitrogens is 1. The molecule has 8 heteroatoms. The number of likely N-dealkylation sites (N-methyl/N-ethyl adjacent to an activating group) is 1. The number of alkyl carbamates (subject to hydrolysis) is 1. The fraction of sp³-hybridized carbons (Fsp3) is 0.933. The van der Waals surface area contributed by atoms with Crippen molar-refractivity contribution in [3.05, 3.63) is 0 Å². The molecule has 0 aromatic rings. The second-order valence-corrected chi connectivity index (χ2v) is 8.70. The number of carbonyl (C=O) groups excluding carboxylic acids is 1. The van der Waals surface area contributed by atoms with Crippen LogP contribution in [0, 0.1) is 0 Å². The van der Waals surface area contributed by atoms with Crippen molar-refractivity contribution in [3.8, 4) is 0 Å². The standard InChI is InChI=1S/C15H33N3O4S/c1-7-18(8-2,13-11-17-23(6,20)21)12-9-10-16-14(19)22-15(3,4)5/h17H,7-13H2,1-6H3/p+1. The zero-order valence-electron chi connectivity index (χ0n) is 15.4. The SMILES string of the molecule is CC[N+](CC)(CCCNC(=O)OC(C)(C)C)CCNS(C)(=O)=O. The third-order valence-electron chi connectivity index (χ3n) is 3.77. The van der Waals surface area contributed by atoms with Crippen molar-refractivity contribution < 1.29 is 22.4 Å². The number of rotatable bonds is 10. The minimum Gasteiger partial charge on any atom is -0.444 e. The molecule has 2 N–H and O–H groups in total. The predicted octanol–water partition coefficient (Wildman–Crippen LogP) is 1.31. The van der Waals surface area contributed by atoms with E-state index >= 15 is 0 Å². The molecule has 7 nitrogen and oxygen atoms in total. The predicted molar refractivity (Wildman–Crippen MR) is 92.8 cm³/mol. The highest BCUT2D eigenvalue weighted by Crippen LogP contribution is 2.08. The number of carbonyl (C=O) groups is 1. The van der Waals surface area contributed by atoms with Crippen LogP contribution in [0.2, 0.25) is 0 Å². The molecule has 0 aliphatic carbocycles. The highest BCUT2D eigenvalue weighted by molar-refractivity contribution is 7.88. The van der Waals surface area contributed by atoms with Gasteiger partial charge in [-0.05, 0) is 34.6 Å². The van der Waals surface area contributed by atoms with Crippen molar-refractivity contribution in [2.75, 3.05) is 45.5 Å². The molecule has 0 atom stereocenters. The summed E-state index contributed by atoms with van der Waals surface area (Å²) in [7, 11) is -3.15. The smallest absolute Gasteiger partial charge is 0.407 e. The molecule has 0 bridgehead atoms. The molecule has 0 aromatic heterocycles. The Balaban J connectivity index is 4.25. The second-order valence-electron chi connectivity index (χ2n) is 6.87. The number of hydrogen-bond acceptors (Lipinski definition) is 4. The average molecular weight is 353 g/mol. The molecule has 0 saturated carbocycles. The van der Waals surface area contributed by atoms with Crippen LogP contribution in [0.15, 0.2) is 0 Å². The van der Waals surface area contributed by atoms with Crippen molar-refractivity contribution in [3.63, 3.8) is 0 Å². The molecule has 0 radical (unpaired) electrons. The zero-order valence-corrected chi connectivity index (χ0v) is 16.3. The Morgan fingerprint density at radius 3 is 2.09 bits per heavy atom. The lowest BCUT2D eigenvalue weighted by Gasteiger charge is -2.37. The molecule has 0 fully saturated rings. The van der Waals surface area contributed by atoms with E-state index in [0.29, 0.717) is 13.1 Å². The quantitative estimate of drug-likeness (QED) is 0.458. The van der Waals surface area contributed by atoms with Gasteiger partial charge in [0.2, 0.25) is 10.0 Å². The van der Waals surface area contributed by atoms with Crippen LogP contribution in [0.1, 0.15) is 41.0 Å². The van der Waals surface area contributed by atoms with Gasteiger partial charge in [0.25, 0.3) is 0 Å². The fourth-order valence-electron chi connectivity index (χ4n) is 2.36. The van der Waals surface area contributed by atoms with E-state index in [1.165, 1.54) is 6.26 Å². The van der Waals surface area contributed by atoms with Gasteiger partial charge in [-0.25, -0.2) is 17.9 Å². The molecule has 0 aliphatic rings. The van der Waals surface area contributed by atoms with Gasteiger partial charge >= 0.3 is 6.09 Å². The average Bonchev–Trinajstić information content (AvgIpc) is 2.38. The van der Waals surface area contributed by atoms with Gasteiger partial charge in [-0.2, -0.15) is 0 Å². The van der Waals surface area contributed by atoms with Crippen LogP contribution in [0.25, 0.3) is 0 Å². The first kappa shape index (κ1) is 22.1. The molecule has 1 amide bonds. The maximum atomic E-state index is 11.6. The zero-order chi connectivity index (χ0) is 18.1. The molecule has 23 heavy (non-hydrogen) atoms. The van der Waals surface area contributed by atoms with Gasteiger partial charge in [0, 0.05) is 13.0 Å². The maximum absolute atomic E-state index is 11.6. The number of nitrogens with one attached hydrogen (secondary N) is 2. The summed E-state index contributed by atoms with van der Waals surface area (Å²) in [5.41, 5.74) is -0.492. The van der Waals surface area contributed by atoms with Gasteiger partial charge in [0.15, 0.2) is 0 Å². The lowest BCUT2D eigenvalue weighted by molar-refractivity contribution is -0.923. The van der Waals surface area contributed by atoms with Crippen LogP contribution >= 0.6 is 0 Å². The first-order valence-electron chi connectivity index (χ1n) is 8.19. The van der Waals surface area contributed by atoms with E-state index in [1.54, 1.807) is 0 Å². The van der Waals surface area contributed by atoms with Crippen LogP contribution in [0.4, 0.5) is 4.79 Å². The lowest BCUT2D eigenvalue weighted by Crippen LogP contribution is -2.52. The van der Waals surface area contributed by atoms with Gasteiger partial charge in [0.1, 0.15) is 5.60 Å². The molecule has 0 unspecified atom stereocenters. The van der Waals surface area contributed by atoms with Crippen LogP contribution < -0.4 is 10.0 Å². The Kier molecular flexibility index (Phi) is 9.09. The van der Waals surface area contributed by atoms with Gasteiger partial charge in [0.05, 0.1) is 39.0 Å². The van der Waals surface area contributed by atoms with E-state index in [-0.39, 0.29) is 0 Å². The van der Waals surface area contributed by atoms with Crippen molar-refractivity contribution in [2.45, 2.75) is 46.6 Å². The molecular weight excluding hydrogens is 318 g/mol. The number of ether oxygens (including phenoxy) is 1. The Morgan fingerprint density at radius 2 is 1.65 bits per heavy atom. The van der Waals surface area contributed by atoms with Crippen molar-refractivity contribution in [1.29, 1.82) is 0 Å². The summed E-state index contributed by atoms with van der Waals surface area (Å²) in [5, 5.41) is 2.76. The minimum absolute atomic E-state index is 0.401. The first-order chi connectivity index (χ1) is 10.4. The van der Waals surface area contributed by atoms with Crippen molar-refractivity contribution in [2.24, 2.45) is 0 Å². The Bertz CT molecular complexity index is 454. The largest absolute Gasteiger partial charge is 0.444 e. The minimum atomic E-state index is -3.15. The summed E-state index contributed by atoms with van der Waals surface area (Å²) in [6.45, 7) is 14.2. The van der Waals surface area contributed by atoms with Gasteiger partial charge in [-0.1, -0.05) is 0 Å². The topological polar surface area (TPSA) is 84.5 Å². The molecule has 0 rings (SSSR count). The third kappa shape index (κ3) is 11.3. The van der Waals surface area contributed by atoms with E-state index in [2.05, 4.69) is 23.9 Å². The van der Waals surface area contributed by atoms with Crippen molar-refractivity contribution >= 4 is 16.1 Å². The molecule has 138 valence electrons. The highest BCUT2D eigenvalue weighted by atomic mass is 32.2. The molecule has 0 heterocycles. The van der Waals surface area contributed by atoms with E-state index in [0.717, 1.165) is 37.1 Å². The summed E-state index contributed by atoms with van der Waals surface area (Å²) in [4.78, 5) is 11.6. The number of sulfonamides is 1. The fourth-order valence-corrected chi connectivity index (χ4v) is 2.82. The maximum Gasteiger partial charge on any atom is 0.407 e. The molecular formula is C15H34N3O4S+. The van der Waals surface area contributed by atoms with Crippen LogP contribution in [0.5, 0.6) is 0 Å². The van der Waals surface area contributed by atoms with Gasteiger partial charge in [-0.3, -0.25) is 0 Å². The summed E-state index contributed by atoms with van der Waals surface area (Å²) in [6, 6.07) is 0. The van der Waals surface area contributed by atoms with Crippen molar-refractivity contribution in [1.82, 2.24) is 10.0 Å². The number of amides is 1. The molecule has 0 aromatic carbocycles. The molecule has 0 spiro atoms. The van der Waals surface area contributed by atoms with Gasteiger partial charge in [-0.15, -0.1) is 0 Å². The lowest BCUT2D eigenvalue weighted by atomic mass is 10.2. The number of nitrogens with zero attached hydrogens (tertiary/aromatic N) is 1. The Morgan fingerprint density at radius 1 is 1.09 bits per heavy atom. The van der Waals surface area contributed by atoms with E-state index < -0.39 is 21.7 Å². The highest BCUT2D eigenvalue weighted by Gasteiger charge is 2.23. The third-order valence-corrected chi connectivity index (χ3v) is 4.50. The molecule has 0 saturated heterocycles. The summed E-state index contributed by atoms with van der Waals surface area (Å²) in [6.07, 6.45) is 1.59.